The van der Waals surface area contributed by atoms with Crippen LogP contribution in [-0.2, 0) is 38.4 Å². The van der Waals surface area contributed by atoms with Crippen molar-refractivity contribution >= 4 is 72.7 Å². The minimum Gasteiger partial charge on any atom is -0.481 e. The van der Waals surface area contributed by atoms with Crippen LogP contribution in [0.1, 0.15) is 25.7 Å². The highest BCUT2D eigenvalue weighted by molar-refractivity contribution is 7.80. The fourth-order valence-corrected chi connectivity index (χ4v) is 3.21. The largest absolute Gasteiger partial charge is 0.481 e. The van der Waals surface area contributed by atoms with E-state index in [0.29, 0.717) is 0 Å². The lowest BCUT2D eigenvalue weighted by Gasteiger charge is -2.25. The van der Waals surface area contributed by atoms with Gasteiger partial charge >= 0.3 is 17.9 Å². The van der Waals surface area contributed by atoms with Crippen molar-refractivity contribution in [1.29, 1.82) is 0 Å². The van der Waals surface area contributed by atoms with E-state index in [2.05, 4.69) is 41.2 Å². The van der Waals surface area contributed by atoms with E-state index in [1.165, 1.54) is 0 Å². The number of hydrogen-bond acceptors (Lipinski definition) is 11. The van der Waals surface area contributed by atoms with Crippen molar-refractivity contribution in [1.82, 2.24) is 21.3 Å². The Balaban J connectivity index is 5.54. The third kappa shape index (κ3) is 13.1. The third-order valence-electron chi connectivity index (χ3n) is 4.67. The number of carboxylic acid groups (broad SMARTS) is 3. The van der Waals surface area contributed by atoms with Crippen molar-refractivity contribution in [2.24, 2.45) is 11.5 Å². The van der Waals surface area contributed by atoms with Crippen molar-refractivity contribution in [2.45, 2.75) is 55.9 Å². The van der Waals surface area contributed by atoms with Crippen LogP contribution < -0.4 is 32.7 Å². The number of carboxylic acids is 3. The van der Waals surface area contributed by atoms with E-state index >= 15 is 0 Å². The number of aliphatic carboxylic acids is 3. The van der Waals surface area contributed by atoms with Crippen molar-refractivity contribution in [2.75, 3.05) is 11.5 Å². The molecule has 0 rings (SSSR count). The molecule has 17 nitrogen and oxygen atoms in total. The van der Waals surface area contributed by atoms with Crippen LogP contribution in [0.3, 0.4) is 0 Å². The van der Waals surface area contributed by atoms with Crippen molar-refractivity contribution in [3.63, 3.8) is 0 Å². The van der Waals surface area contributed by atoms with E-state index < -0.39 is 96.9 Å². The van der Waals surface area contributed by atoms with Crippen LogP contribution in [0.2, 0.25) is 0 Å². The average molecular weight is 583 g/mol. The Bertz CT molecular complexity index is 935. The molecule has 0 saturated heterocycles. The minimum absolute atomic E-state index is 0.302. The summed E-state index contributed by atoms with van der Waals surface area (Å²) >= 11 is 7.85. The zero-order valence-electron chi connectivity index (χ0n) is 19.8. The quantitative estimate of drug-likeness (QED) is 0.0681. The van der Waals surface area contributed by atoms with Gasteiger partial charge in [-0.15, -0.1) is 0 Å². The van der Waals surface area contributed by atoms with Gasteiger partial charge in [0.2, 0.25) is 29.5 Å². The zero-order chi connectivity index (χ0) is 29.6. The Hall–Kier alpha value is -3.58. The molecule has 0 bridgehead atoms. The standard InChI is InChI=1S/C19H30N6O11S2/c20-7(3-13(27)28)15(31)24-10(5-37)17(33)22-8(1-2-12(21)26)16(32)25-11(6-38)18(34)23-9(19(35)36)4-14(29)30/h7-11,37-38H,1-6,20H2,(H2,21,26)(H,22,33)(H,23,34)(H,24,31)(H,25,32)(H,27,28)(H,29,30)(H,35,36). The predicted octanol–water partition coefficient (Wildman–Crippen LogP) is -4.59. The lowest BCUT2D eigenvalue weighted by molar-refractivity contribution is -0.147. The molecule has 0 aromatic carbocycles. The normalized spacial score (nSPS) is 14.5. The summed E-state index contributed by atoms with van der Waals surface area (Å²) in [5.41, 5.74) is 10.6. The molecule has 0 aromatic rings. The molecule has 0 aromatic heterocycles. The molecular weight excluding hydrogens is 552 g/mol. The second-order valence-corrected chi connectivity index (χ2v) is 8.49. The summed E-state index contributed by atoms with van der Waals surface area (Å²) in [6, 6.07) is -7.65. The van der Waals surface area contributed by atoms with E-state index in [-0.39, 0.29) is 17.9 Å². The summed E-state index contributed by atoms with van der Waals surface area (Å²) in [6.45, 7) is 0. The van der Waals surface area contributed by atoms with Gasteiger partial charge in [0.25, 0.3) is 0 Å². The number of primary amides is 1. The number of hydrogen-bond donors (Lipinski definition) is 11. The molecule has 5 unspecified atom stereocenters. The van der Waals surface area contributed by atoms with Crippen LogP contribution in [0.15, 0.2) is 0 Å². The second kappa shape index (κ2) is 17.0. The first kappa shape index (κ1) is 34.4. The highest BCUT2D eigenvalue weighted by Crippen LogP contribution is 2.03. The van der Waals surface area contributed by atoms with Crippen molar-refractivity contribution in [3.8, 4) is 0 Å². The molecule has 0 radical (unpaired) electrons. The van der Waals surface area contributed by atoms with Gasteiger partial charge in [-0.05, 0) is 6.42 Å². The number of carbonyl (C=O) groups excluding carboxylic acids is 5. The lowest BCUT2D eigenvalue weighted by atomic mass is 10.1. The van der Waals surface area contributed by atoms with Crippen LogP contribution in [0.4, 0.5) is 0 Å². The van der Waals surface area contributed by atoms with Crippen LogP contribution >= 0.6 is 25.3 Å². The average Bonchev–Trinajstić information content (AvgIpc) is 2.81. The Kier molecular flexibility index (Phi) is 15.4. The highest BCUT2D eigenvalue weighted by atomic mass is 32.1. The molecule has 5 atom stereocenters. The predicted molar refractivity (Wildman–Crippen MR) is 134 cm³/mol. The second-order valence-electron chi connectivity index (χ2n) is 7.76. The van der Waals surface area contributed by atoms with Gasteiger partial charge in [-0.1, -0.05) is 0 Å². The molecule has 0 aliphatic carbocycles. The zero-order valence-corrected chi connectivity index (χ0v) is 21.6. The molecule has 38 heavy (non-hydrogen) atoms. The van der Waals surface area contributed by atoms with E-state index in [1.807, 2.05) is 5.32 Å². The number of amides is 5. The summed E-state index contributed by atoms with van der Waals surface area (Å²) in [5, 5.41) is 35.2. The van der Waals surface area contributed by atoms with Crippen molar-refractivity contribution < 1.29 is 53.7 Å². The summed E-state index contributed by atoms with van der Waals surface area (Å²) in [7, 11) is 0. The van der Waals surface area contributed by atoms with Crippen LogP contribution in [0.5, 0.6) is 0 Å². The van der Waals surface area contributed by atoms with Crippen LogP contribution in [0.25, 0.3) is 0 Å². The smallest absolute Gasteiger partial charge is 0.326 e. The number of nitrogens with one attached hydrogen (secondary N) is 4. The van der Waals surface area contributed by atoms with Gasteiger partial charge in [0, 0.05) is 17.9 Å². The summed E-state index contributed by atoms with van der Waals surface area (Å²) in [6.07, 6.45) is -2.41. The first-order chi connectivity index (χ1) is 17.6. The first-order valence-electron chi connectivity index (χ1n) is 10.8. The van der Waals surface area contributed by atoms with E-state index in [4.69, 9.17) is 26.8 Å². The van der Waals surface area contributed by atoms with Gasteiger partial charge in [0.15, 0.2) is 0 Å². The van der Waals surface area contributed by atoms with Crippen molar-refractivity contribution in [3.05, 3.63) is 0 Å². The monoisotopic (exact) mass is 582 g/mol. The summed E-state index contributed by atoms with van der Waals surface area (Å²) < 4.78 is 0. The first-order valence-corrected chi connectivity index (χ1v) is 12.0. The minimum atomic E-state index is -1.81. The number of carbonyl (C=O) groups is 8. The maximum Gasteiger partial charge on any atom is 0.326 e. The number of thiol groups is 2. The lowest BCUT2D eigenvalue weighted by Crippen LogP contribution is -2.59. The van der Waals surface area contributed by atoms with Crippen LogP contribution in [0, 0.1) is 0 Å². The highest BCUT2D eigenvalue weighted by Gasteiger charge is 2.32. The maximum atomic E-state index is 12.8. The third-order valence-corrected chi connectivity index (χ3v) is 5.40. The SMILES string of the molecule is NC(=O)CCC(NC(=O)C(CS)NC(=O)C(N)CC(=O)O)C(=O)NC(CS)C(=O)NC(CC(=O)O)C(=O)O. The molecule has 0 aliphatic heterocycles. The van der Waals surface area contributed by atoms with Gasteiger partial charge in [0.1, 0.15) is 24.2 Å². The number of nitrogens with two attached hydrogens (primary N) is 2. The van der Waals surface area contributed by atoms with E-state index in [1.54, 1.807) is 0 Å². The Labute approximate surface area is 226 Å². The fourth-order valence-electron chi connectivity index (χ4n) is 2.69. The van der Waals surface area contributed by atoms with Crippen LogP contribution in [-0.4, -0.2) is 104 Å². The van der Waals surface area contributed by atoms with Gasteiger partial charge in [-0.3, -0.25) is 33.6 Å². The molecule has 19 heteroatoms. The summed E-state index contributed by atoms with van der Waals surface area (Å²) in [4.78, 5) is 94.0. The molecule has 0 spiro atoms. The Morgan fingerprint density at radius 3 is 1.42 bits per heavy atom. The maximum absolute atomic E-state index is 12.8. The molecule has 11 N–H and O–H groups in total. The Morgan fingerprint density at radius 1 is 0.632 bits per heavy atom. The van der Waals surface area contributed by atoms with Gasteiger partial charge < -0.3 is 48.1 Å². The summed E-state index contributed by atoms with van der Waals surface area (Å²) in [5.74, 6) is -10.1. The topological polar surface area (TPSA) is 297 Å². The molecule has 0 fully saturated rings. The molecule has 0 heterocycles. The van der Waals surface area contributed by atoms with Gasteiger partial charge in [-0.25, -0.2) is 4.79 Å². The van der Waals surface area contributed by atoms with Gasteiger partial charge in [0.05, 0.1) is 18.9 Å². The molecular formula is C19H30N6O11S2. The molecule has 0 saturated carbocycles. The molecule has 5 amide bonds. The van der Waals surface area contributed by atoms with E-state index in [9.17, 15) is 38.4 Å². The van der Waals surface area contributed by atoms with Gasteiger partial charge in [-0.2, -0.15) is 25.3 Å². The molecule has 0 aliphatic rings. The Morgan fingerprint density at radius 2 is 1.03 bits per heavy atom. The number of rotatable bonds is 18. The fraction of sp³-hybridized carbons (Fsp3) is 0.579. The molecule has 214 valence electrons. The van der Waals surface area contributed by atoms with E-state index in [0.717, 1.165) is 0 Å².